The van der Waals surface area contributed by atoms with Crippen LogP contribution in [-0.4, -0.2) is 15.8 Å². The van der Waals surface area contributed by atoms with Crippen LogP contribution in [0.1, 0.15) is 28.3 Å². The highest BCUT2D eigenvalue weighted by molar-refractivity contribution is 7.09. The maximum absolute atomic E-state index is 12.1. The Morgan fingerprint density at radius 3 is 2.90 bits per heavy atom. The number of hydrogen-bond acceptors (Lipinski definition) is 5. The van der Waals surface area contributed by atoms with Gasteiger partial charge in [0.1, 0.15) is 10.6 Å². The Morgan fingerprint density at radius 1 is 1.55 bits per heavy atom. The predicted molar refractivity (Wildman–Crippen MR) is 76.1 cm³/mol. The van der Waals surface area contributed by atoms with Gasteiger partial charge in [-0.25, -0.2) is 4.98 Å². The van der Waals surface area contributed by atoms with Crippen LogP contribution >= 0.6 is 22.9 Å². The zero-order valence-electron chi connectivity index (χ0n) is 10.4. The molecule has 0 aliphatic carbocycles. The van der Waals surface area contributed by atoms with Crippen molar-refractivity contribution < 1.29 is 9.72 Å². The van der Waals surface area contributed by atoms with Crippen LogP contribution in [0, 0.1) is 10.1 Å². The van der Waals surface area contributed by atoms with Crippen molar-refractivity contribution in [2.45, 2.75) is 13.0 Å². The fraction of sp³-hybridized carbons (Fsp3) is 0.167. The van der Waals surface area contributed by atoms with E-state index in [0.717, 1.165) is 11.1 Å². The molecule has 1 N–H and O–H groups in total. The maximum Gasteiger partial charge on any atom is 0.283 e. The van der Waals surface area contributed by atoms with Crippen molar-refractivity contribution in [2.75, 3.05) is 0 Å². The standard InChI is InChI=1S/C12H10ClN3O3S/c1-7(12-14-4-5-20-12)15-11(17)9-3-2-8(13)6-10(9)16(18)19/h2-7H,1H3,(H,15,17)/t7-/m1/s1. The van der Waals surface area contributed by atoms with Crippen molar-refractivity contribution in [3.05, 3.63) is 55.5 Å². The van der Waals surface area contributed by atoms with Gasteiger partial charge in [0.2, 0.25) is 0 Å². The van der Waals surface area contributed by atoms with Crippen LogP contribution in [0.4, 0.5) is 5.69 Å². The molecule has 6 nitrogen and oxygen atoms in total. The number of hydrogen-bond donors (Lipinski definition) is 1. The molecule has 0 bridgehead atoms. The molecule has 1 amide bonds. The molecule has 20 heavy (non-hydrogen) atoms. The number of benzene rings is 1. The zero-order valence-corrected chi connectivity index (χ0v) is 11.9. The first-order valence-corrected chi connectivity index (χ1v) is 6.89. The molecule has 8 heteroatoms. The van der Waals surface area contributed by atoms with E-state index < -0.39 is 10.8 Å². The second-order valence-electron chi connectivity index (χ2n) is 3.98. The van der Waals surface area contributed by atoms with E-state index in [1.807, 2.05) is 0 Å². The summed E-state index contributed by atoms with van der Waals surface area (Å²) in [6.07, 6.45) is 1.63. The van der Waals surface area contributed by atoms with Crippen molar-refractivity contribution in [1.82, 2.24) is 10.3 Å². The van der Waals surface area contributed by atoms with Gasteiger partial charge in [0, 0.05) is 22.7 Å². The Kier molecular flexibility index (Phi) is 4.31. The fourth-order valence-corrected chi connectivity index (χ4v) is 2.44. The number of carbonyl (C=O) groups is 1. The Bertz CT molecular complexity index is 645. The Morgan fingerprint density at radius 2 is 2.30 bits per heavy atom. The number of amides is 1. The van der Waals surface area contributed by atoms with Crippen LogP contribution in [-0.2, 0) is 0 Å². The van der Waals surface area contributed by atoms with Gasteiger partial charge in [0.05, 0.1) is 11.0 Å². The van der Waals surface area contributed by atoms with E-state index in [9.17, 15) is 14.9 Å². The number of nitrogens with zero attached hydrogens (tertiary/aromatic N) is 2. The minimum atomic E-state index is -0.630. The van der Waals surface area contributed by atoms with E-state index in [1.54, 1.807) is 18.5 Å². The van der Waals surface area contributed by atoms with Gasteiger partial charge in [-0.3, -0.25) is 14.9 Å². The van der Waals surface area contributed by atoms with Gasteiger partial charge in [0.25, 0.3) is 11.6 Å². The van der Waals surface area contributed by atoms with Crippen molar-refractivity contribution in [3.8, 4) is 0 Å². The first-order chi connectivity index (χ1) is 9.49. The highest BCUT2D eigenvalue weighted by atomic mass is 35.5. The number of aromatic nitrogens is 1. The van der Waals surface area contributed by atoms with E-state index in [0.29, 0.717) is 0 Å². The molecule has 1 heterocycles. The number of nitro benzene ring substituents is 1. The number of halogens is 1. The highest BCUT2D eigenvalue weighted by Gasteiger charge is 2.22. The van der Waals surface area contributed by atoms with E-state index >= 15 is 0 Å². The second-order valence-corrected chi connectivity index (χ2v) is 5.35. The van der Waals surface area contributed by atoms with Crippen molar-refractivity contribution in [2.24, 2.45) is 0 Å². The summed E-state index contributed by atoms with van der Waals surface area (Å²) >= 11 is 7.11. The molecule has 0 radical (unpaired) electrons. The summed E-state index contributed by atoms with van der Waals surface area (Å²) in [4.78, 5) is 26.5. The Labute approximate surface area is 123 Å². The molecule has 2 rings (SSSR count). The molecule has 0 unspecified atom stereocenters. The molecule has 0 fully saturated rings. The topological polar surface area (TPSA) is 85.1 Å². The summed E-state index contributed by atoms with van der Waals surface area (Å²) in [5, 5.41) is 16.4. The molecule has 0 aliphatic rings. The van der Waals surface area contributed by atoms with Crippen LogP contribution in [0.2, 0.25) is 5.02 Å². The van der Waals surface area contributed by atoms with E-state index in [1.165, 1.54) is 23.5 Å². The van der Waals surface area contributed by atoms with Crippen LogP contribution in [0.25, 0.3) is 0 Å². The average Bonchev–Trinajstić information content (AvgIpc) is 2.92. The number of nitro groups is 1. The van der Waals surface area contributed by atoms with Crippen LogP contribution in [0.3, 0.4) is 0 Å². The predicted octanol–water partition coefficient (Wildman–Crippen LogP) is 3.20. The third kappa shape index (κ3) is 3.12. The molecule has 1 atom stereocenters. The smallest absolute Gasteiger partial charge is 0.283 e. The van der Waals surface area contributed by atoms with Crippen molar-refractivity contribution in [3.63, 3.8) is 0 Å². The van der Waals surface area contributed by atoms with Gasteiger partial charge in [0.15, 0.2) is 0 Å². The molecule has 2 aromatic rings. The molecule has 1 aromatic carbocycles. The lowest BCUT2D eigenvalue weighted by atomic mass is 10.1. The summed E-state index contributed by atoms with van der Waals surface area (Å²) in [5.74, 6) is -0.531. The van der Waals surface area contributed by atoms with Crippen LogP contribution < -0.4 is 5.32 Å². The van der Waals surface area contributed by atoms with Gasteiger partial charge in [-0.15, -0.1) is 11.3 Å². The van der Waals surface area contributed by atoms with Gasteiger partial charge in [-0.1, -0.05) is 11.6 Å². The fourth-order valence-electron chi connectivity index (χ4n) is 1.63. The third-order valence-corrected chi connectivity index (χ3v) is 3.76. The second kappa shape index (κ2) is 5.98. The lowest BCUT2D eigenvalue weighted by Gasteiger charge is -2.11. The lowest BCUT2D eigenvalue weighted by molar-refractivity contribution is -0.385. The van der Waals surface area contributed by atoms with Crippen molar-refractivity contribution >= 4 is 34.5 Å². The monoisotopic (exact) mass is 311 g/mol. The van der Waals surface area contributed by atoms with E-state index in [4.69, 9.17) is 11.6 Å². The average molecular weight is 312 g/mol. The number of thiazole rings is 1. The molecule has 0 saturated heterocycles. The van der Waals surface area contributed by atoms with Gasteiger partial charge < -0.3 is 5.32 Å². The van der Waals surface area contributed by atoms with Gasteiger partial charge in [-0.05, 0) is 19.1 Å². The third-order valence-electron chi connectivity index (χ3n) is 2.57. The number of rotatable bonds is 4. The quantitative estimate of drug-likeness (QED) is 0.694. The molecule has 1 aromatic heterocycles. The summed E-state index contributed by atoms with van der Waals surface area (Å²) in [7, 11) is 0. The van der Waals surface area contributed by atoms with Gasteiger partial charge in [-0.2, -0.15) is 0 Å². The normalized spacial score (nSPS) is 11.9. The van der Waals surface area contributed by atoms with Crippen molar-refractivity contribution in [1.29, 1.82) is 0 Å². The highest BCUT2D eigenvalue weighted by Crippen LogP contribution is 2.24. The SMILES string of the molecule is C[C@@H](NC(=O)c1ccc(Cl)cc1[N+](=O)[O-])c1nccs1. The Balaban J connectivity index is 2.23. The molecule has 0 spiro atoms. The summed E-state index contributed by atoms with van der Waals surface area (Å²) < 4.78 is 0. The van der Waals surface area contributed by atoms with E-state index in [2.05, 4.69) is 10.3 Å². The maximum atomic E-state index is 12.1. The molecule has 104 valence electrons. The summed E-state index contributed by atoms with van der Waals surface area (Å²) in [5.41, 5.74) is -0.343. The molecule has 0 aliphatic heterocycles. The van der Waals surface area contributed by atoms with E-state index in [-0.39, 0.29) is 22.3 Å². The molecule has 0 saturated carbocycles. The largest absolute Gasteiger partial charge is 0.343 e. The van der Waals surface area contributed by atoms with Gasteiger partial charge >= 0.3 is 0 Å². The summed E-state index contributed by atoms with van der Waals surface area (Å²) in [6.45, 7) is 1.76. The van der Waals surface area contributed by atoms with Crippen LogP contribution in [0.15, 0.2) is 29.8 Å². The molecular formula is C12H10ClN3O3S. The molecular weight excluding hydrogens is 302 g/mol. The lowest BCUT2D eigenvalue weighted by Crippen LogP contribution is -2.27. The summed E-state index contributed by atoms with van der Waals surface area (Å²) in [6, 6.07) is 3.62. The zero-order chi connectivity index (χ0) is 14.7. The number of nitrogens with one attached hydrogen (secondary N) is 1. The minimum absolute atomic E-state index is 0.0252. The van der Waals surface area contributed by atoms with Crippen LogP contribution in [0.5, 0.6) is 0 Å². The number of carbonyl (C=O) groups excluding carboxylic acids is 1. The first-order valence-electron chi connectivity index (χ1n) is 5.63. The minimum Gasteiger partial charge on any atom is -0.343 e. The first kappa shape index (κ1) is 14.4. The Hall–Kier alpha value is -1.99.